The highest BCUT2D eigenvalue weighted by Crippen LogP contribution is 2.21. The fraction of sp³-hybridized carbons (Fsp3) is 0.0714. The van der Waals surface area contributed by atoms with Gasteiger partial charge in [-0.1, -0.05) is 36.4 Å². The Morgan fingerprint density at radius 1 is 1.00 bits per heavy atom. The lowest BCUT2D eigenvalue weighted by atomic mass is 10.1. The van der Waals surface area contributed by atoms with E-state index in [1.165, 1.54) is 12.1 Å². The number of hydrogen-bond acceptors (Lipinski definition) is 3. The van der Waals surface area contributed by atoms with Gasteiger partial charge in [0.1, 0.15) is 17.7 Å². The Labute approximate surface area is 125 Å². The lowest BCUT2D eigenvalue weighted by molar-refractivity contribution is -0.119. The van der Waals surface area contributed by atoms with Gasteiger partial charge >= 0.3 is 0 Å². The van der Waals surface area contributed by atoms with Crippen molar-refractivity contribution in [2.45, 2.75) is 10.9 Å². The molecule has 0 aromatic heterocycles. The average molecular weight is 326 g/mol. The van der Waals surface area contributed by atoms with E-state index >= 15 is 0 Å². The highest BCUT2D eigenvalue weighted by atomic mass is 32.2. The molecule has 0 aliphatic heterocycles. The number of primary amides is 1. The molecular formula is C14H12F2N2O3S. The highest BCUT2D eigenvalue weighted by Gasteiger charge is 2.29. The highest BCUT2D eigenvalue weighted by molar-refractivity contribution is 7.89. The van der Waals surface area contributed by atoms with E-state index in [-0.39, 0.29) is 5.56 Å². The molecule has 0 saturated carbocycles. The molecule has 1 amide bonds. The van der Waals surface area contributed by atoms with Crippen molar-refractivity contribution in [1.82, 2.24) is 4.72 Å². The van der Waals surface area contributed by atoms with Crippen LogP contribution in [0.25, 0.3) is 0 Å². The van der Waals surface area contributed by atoms with Crippen LogP contribution in [0.3, 0.4) is 0 Å². The minimum atomic E-state index is -4.61. The molecule has 0 radical (unpaired) electrons. The van der Waals surface area contributed by atoms with Crippen LogP contribution in [0.5, 0.6) is 0 Å². The number of nitrogens with two attached hydrogens (primary N) is 1. The first-order valence-electron chi connectivity index (χ1n) is 6.13. The third-order valence-corrected chi connectivity index (χ3v) is 4.35. The van der Waals surface area contributed by atoms with Crippen LogP contribution in [0.15, 0.2) is 53.4 Å². The lowest BCUT2D eigenvalue weighted by Crippen LogP contribution is -2.38. The quantitative estimate of drug-likeness (QED) is 0.872. The lowest BCUT2D eigenvalue weighted by Gasteiger charge is -2.16. The molecule has 0 saturated heterocycles. The first kappa shape index (κ1) is 16.1. The van der Waals surface area contributed by atoms with Crippen molar-refractivity contribution in [1.29, 1.82) is 0 Å². The fourth-order valence-electron chi connectivity index (χ4n) is 1.89. The number of benzene rings is 2. The number of nitrogens with one attached hydrogen (secondary N) is 1. The monoisotopic (exact) mass is 326 g/mol. The summed E-state index contributed by atoms with van der Waals surface area (Å²) in [6.07, 6.45) is 0. The SMILES string of the molecule is NC(=O)C(NS(=O)(=O)c1c(F)cccc1F)c1ccccc1. The molecule has 0 heterocycles. The van der Waals surface area contributed by atoms with Gasteiger partial charge in [-0.3, -0.25) is 4.79 Å². The predicted molar refractivity (Wildman–Crippen MR) is 75.1 cm³/mol. The third-order valence-electron chi connectivity index (χ3n) is 2.88. The molecule has 0 spiro atoms. The molecule has 5 nitrogen and oxygen atoms in total. The summed E-state index contributed by atoms with van der Waals surface area (Å²) in [4.78, 5) is 10.3. The van der Waals surface area contributed by atoms with Gasteiger partial charge in [-0.15, -0.1) is 0 Å². The molecule has 3 N–H and O–H groups in total. The Hall–Kier alpha value is -2.32. The molecule has 1 atom stereocenters. The van der Waals surface area contributed by atoms with E-state index in [2.05, 4.69) is 0 Å². The molecule has 116 valence electrons. The maximum Gasteiger partial charge on any atom is 0.247 e. The zero-order valence-corrected chi connectivity index (χ0v) is 12.0. The van der Waals surface area contributed by atoms with E-state index in [1.54, 1.807) is 18.2 Å². The van der Waals surface area contributed by atoms with E-state index in [0.29, 0.717) is 0 Å². The Balaban J connectivity index is 2.44. The second-order valence-electron chi connectivity index (χ2n) is 4.42. The van der Waals surface area contributed by atoms with Crippen molar-refractivity contribution in [2.24, 2.45) is 5.73 Å². The number of amides is 1. The average Bonchev–Trinajstić information content (AvgIpc) is 2.45. The number of carbonyl (C=O) groups excluding carboxylic acids is 1. The summed E-state index contributed by atoms with van der Waals surface area (Å²) in [6.45, 7) is 0. The number of carbonyl (C=O) groups is 1. The third kappa shape index (κ3) is 3.29. The van der Waals surface area contributed by atoms with Crippen molar-refractivity contribution in [2.75, 3.05) is 0 Å². The van der Waals surface area contributed by atoms with Crippen LogP contribution in [-0.4, -0.2) is 14.3 Å². The molecule has 0 aliphatic rings. The standard InChI is InChI=1S/C14H12F2N2O3S/c15-10-7-4-8-11(16)13(10)22(20,21)18-12(14(17)19)9-5-2-1-3-6-9/h1-8,12,18H,(H2,17,19). The first-order valence-corrected chi connectivity index (χ1v) is 7.62. The molecule has 1 unspecified atom stereocenters. The predicted octanol–water partition coefficient (Wildman–Crippen LogP) is 1.47. The Bertz CT molecular complexity index is 775. The molecular weight excluding hydrogens is 314 g/mol. The van der Waals surface area contributed by atoms with Gasteiger partial charge in [0.2, 0.25) is 15.9 Å². The van der Waals surface area contributed by atoms with E-state index in [4.69, 9.17) is 5.73 Å². The van der Waals surface area contributed by atoms with Crippen molar-refractivity contribution in [3.8, 4) is 0 Å². The topological polar surface area (TPSA) is 89.3 Å². The van der Waals surface area contributed by atoms with Crippen LogP contribution in [0, 0.1) is 11.6 Å². The van der Waals surface area contributed by atoms with Crippen molar-refractivity contribution >= 4 is 15.9 Å². The maximum atomic E-state index is 13.6. The van der Waals surface area contributed by atoms with E-state index in [0.717, 1.165) is 18.2 Å². The molecule has 2 rings (SSSR count). The summed E-state index contributed by atoms with van der Waals surface area (Å²) in [6, 6.07) is 8.95. The summed E-state index contributed by atoms with van der Waals surface area (Å²) < 4.78 is 53.5. The largest absolute Gasteiger partial charge is 0.368 e. The fourth-order valence-corrected chi connectivity index (χ4v) is 3.22. The second-order valence-corrected chi connectivity index (χ2v) is 6.07. The summed E-state index contributed by atoms with van der Waals surface area (Å²) in [7, 11) is -4.61. The van der Waals surface area contributed by atoms with Gasteiger partial charge in [-0.05, 0) is 17.7 Å². The van der Waals surface area contributed by atoms with Crippen LogP contribution in [-0.2, 0) is 14.8 Å². The van der Waals surface area contributed by atoms with E-state index in [1.807, 2.05) is 4.72 Å². The number of sulfonamides is 1. The molecule has 8 heteroatoms. The number of halogens is 2. The van der Waals surface area contributed by atoms with Gasteiger partial charge in [0.15, 0.2) is 4.90 Å². The summed E-state index contributed by atoms with van der Waals surface area (Å²) in [5, 5.41) is 0. The molecule has 0 fully saturated rings. The Kier molecular flexibility index (Phi) is 4.53. The second kappa shape index (κ2) is 6.20. The number of hydrogen-bond donors (Lipinski definition) is 2. The minimum Gasteiger partial charge on any atom is -0.368 e. The minimum absolute atomic E-state index is 0.260. The Morgan fingerprint density at radius 3 is 2.05 bits per heavy atom. The van der Waals surface area contributed by atoms with Gasteiger partial charge < -0.3 is 5.73 Å². The smallest absolute Gasteiger partial charge is 0.247 e. The molecule has 2 aromatic rings. The summed E-state index contributed by atoms with van der Waals surface area (Å²) >= 11 is 0. The Morgan fingerprint density at radius 2 is 1.55 bits per heavy atom. The van der Waals surface area contributed by atoms with Gasteiger partial charge in [0, 0.05) is 0 Å². The maximum absolute atomic E-state index is 13.6. The van der Waals surface area contributed by atoms with Gasteiger partial charge in [0.05, 0.1) is 0 Å². The molecule has 2 aromatic carbocycles. The van der Waals surface area contributed by atoms with E-state index in [9.17, 15) is 22.0 Å². The van der Waals surface area contributed by atoms with Crippen molar-refractivity contribution in [3.05, 3.63) is 65.7 Å². The van der Waals surface area contributed by atoms with Crippen LogP contribution in [0.4, 0.5) is 8.78 Å². The van der Waals surface area contributed by atoms with Gasteiger partial charge in [-0.2, -0.15) is 4.72 Å². The van der Waals surface area contributed by atoms with Crippen LogP contribution in [0.2, 0.25) is 0 Å². The first-order chi connectivity index (χ1) is 10.3. The van der Waals surface area contributed by atoms with Crippen LogP contribution < -0.4 is 10.5 Å². The molecule has 0 aliphatic carbocycles. The van der Waals surface area contributed by atoms with Crippen molar-refractivity contribution < 1.29 is 22.0 Å². The van der Waals surface area contributed by atoms with Crippen LogP contribution >= 0.6 is 0 Å². The van der Waals surface area contributed by atoms with Gasteiger partial charge in [-0.25, -0.2) is 17.2 Å². The zero-order valence-electron chi connectivity index (χ0n) is 11.2. The van der Waals surface area contributed by atoms with Crippen molar-refractivity contribution in [3.63, 3.8) is 0 Å². The summed E-state index contributed by atoms with van der Waals surface area (Å²) in [5.41, 5.74) is 5.44. The summed E-state index contributed by atoms with van der Waals surface area (Å²) in [5.74, 6) is -3.51. The normalized spacial score (nSPS) is 12.8. The van der Waals surface area contributed by atoms with Crippen LogP contribution in [0.1, 0.15) is 11.6 Å². The van der Waals surface area contributed by atoms with Gasteiger partial charge in [0.25, 0.3) is 0 Å². The molecule has 22 heavy (non-hydrogen) atoms. The zero-order chi connectivity index (χ0) is 16.3. The molecule has 0 bridgehead atoms. The van der Waals surface area contributed by atoms with E-state index < -0.39 is 38.5 Å². The number of rotatable bonds is 5.